The zero-order valence-electron chi connectivity index (χ0n) is 19.5. The molecule has 2 unspecified atom stereocenters. The summed E-state index contributed by atoms with van der Waals surface area (Å²) in [5.41, 5.74) is 8.47. The van der Waals surface area contributed by atoms with Crippen molar-refractivity contribution in [3.8, 4) is 22.5 Å². The predicted octanol–water partition coefficient (Wildman–Crippen LogP) is 6.88. The molecule has 1 saturated carbocycles. The molecule has 1 heterocycles. The van der Waals surface area contributed by atoms with Crippen LogP contribution < -0.4 is 10.6 Å². The molecule has 5 nitrogen and oxygen atoms in total. The van der Waals surface area contributed by atoms with E-state index in [9.17, 15) is 4.79 Å². The Balaban J connectivity index is 1.13. The van der Waals surface area contributed by atoms with E-state index in [-0.39, 0.29) is 12.1 Å². The van der Waals surface area contributed by atoms with Crippen LogP contribution in [-0.2, 0) is 0 Å². The van der Waals surface area contributed by atoms with Gasteiger partial charge < -0.3 is 15.6 Å². The van der Waals surface area contributed by atoms with Crippen LogP contribution >= 0.6 is 0 Å². The molecule has 3 N–H and O–H groups in total. The van der Waals surface area contributed by atoms with Crippen LogP contribution in [0.3, 0.4) is 0 Å². The normalized spacial score (nSPS) is 16.7. The number of benzene rings is 4. The van der Waals surface area contributed by atoms with Crippen molar-refractivity contribution in [3.05, 3.63) is 108 Å². The van der Waals surface area contributed by atoms with E-state index in [0.717, 1.165) is 51.2 Å². The van der Waals surface area contributed by atoms with E-state index in [1.54, 1.807) is 0 Å². The largest absolute Gasteiger partial charge is 0.338 e. The molecular formula is C30H26N4O. The minimum Gasteiger partial charge on any atom is -0.338 e. The summed E-state index contributed by atoms with van der Waals surface area (Å²) in [4.78, 5) is 20.7. The summed E-state index contributed by atoms with van der Waals surface area (Å²) >= 11 is 0. The van der Waals surface area contributed by atoms with Crippen molar-refractivity contribution in [2.45, 2.75) is 25.3 Å². The fraction of sp³-hybridized carbons (Fsp3) is 0.133. The number of nitrogens with one attached hydrogen (secondary N) is 3. The number of aromatic amines is 1. The molecular weight excluding hydrogens is 432 g/mol. The Bertz CT molecular complexity index is 1500. The topological polar surface area (TPSA) is 69.8 Å². The van der Waals surface area contributed by atoms with Crippen molar-refractivity contribution in [2.75, 3.05) is 5.32 Å². The molecule has 4 aromatic carbocycles. The quantitative estimate of drug-likeness (QED) is 0.269. The molecule has 6 rings (SSSR count). The molecule has 0 aliphatic heterocycles. The molecule has 1 aliphatic carbocycles. The van der Waals surface area contributed by atoms with Gasteiger partial charge in [0.15, 0.2) is 0 Å². The van der Waals surface area contributed by atoms with Crippen LogP contribution in [0.2, 0.25) is 0 Å². The second-order valence-corrected chi connectivity index (χ2v) is 9.17. The fourth-order valence-electron chi connectivity index (χ4n) is 4.66. The number of H-pyrrole nitrogens is 1. The van der Waals surface area contributed by atoms with Gasteiger partial charge in [0.05, 0.1) is 11.0 Å². The zero-order valence-corrected chi connectivity index (χ0v) is 19.5. The summed E-state index contributed by atoms with van der Waals surface area (Å²) < 4.78 is 0. The first-order chi connectivity index (χ1) is 17.1. The van der Waals surface area contributed by atoms with Crippen molar-refractivity contribution >= 4 is 22.8 Å². The van der Waals surface area contributed by atoms with Crippen LogP contribution in [0.25, 0.3) is 33.5 Å². The highest BCUT2D eigenvalue weighted by Crippen LogP contribution is 2.40. The number of carbonyl (C=O) groups excluding carboxylic acids is 1. The number of hydrogen-bond acceptors (Lipinski definition) is 2. The predicted molar refractivity (Wildman–Crippen MR) is 141 cm³/mol. The van der Waals surface area contributed by atoms with E-state index in [2.05, 4.69) is 65.0 Å². The Labute approximate surface area is 204 Å². The number of rotatable bonds is 5. The van der Waals surface area contributed by atoms with E-state index in [1.165, 1.54) is 5.56 Å². The Morgan fingerprint density at radius 2 is 1.63 bits per heavy atom. The molecule has 35 heavy (non-hydrogen) atoms. The molecule has 1 aliphatic rings. The molecule has 0 radical (unpaired) electrons. The van der Waals surface area contributed by atoms with Gasteiger partial charge in [-0.05, 0) is 59.9 Å². The van der Waals surface area contributed by atoms with Crippen LogP contribution in [0.15, 0.2) is 97.1 Å². The van der Waals surface area contributed by atoms with Gasteiger partial charge in [-0.25, -0.2) is 9.78 Å². The molecule has 5 heteroatoms. The van der Waals surface area contributed by atoms with E-state index in [4.69, 9.17) is 4.98 Å². The maximum Gasteiger partial charge on any atom is 0.319 e. The Hall–Kier alpha value is -4.38. The van der Waals surface area contributed by atoms with Crippen molar-refractivity contribution in [2.24, 2.45) is 0 Å². The molecule has 2 amide bonds. The first-order valence-corrected chi connectivity index (χ1v) is 11.9. The molecule has 0 saturated heterocycles. The van der Waals surface area contributed by atoms with Crippen LogP contribution in [-0.4, -0.2) is 22.0 Å². The molecule has 1 aromatic heterocycles. The average Bonchev–Trinajstić information content (AvgIpc) is 3.50. The standard InChI is InChI=1S/C30H26N4O/c1-19-7-5-12-26-28(19)34-29(32-26)23-11-6-10-22(17-23)20-13-15-24(16-14-20)31-30(35)33-27-18-25(27)21-8-3-2-4-9-21/h2-17,25,27H,18H2,1H3,(H,32,34)(H2,31,33,35). The van der Waals surface area contributed by atoms with Crippen molar-refractivity contribution in [1.29, 1.82) is 0 Å². The Kier molecular flexibility index (Phi) is 5.30. The number of hydrogen-bond donors (Lipinski definition) is 3. The smallest absolute Gasteiger partial charge is 0.319 e. The SMILES string of the molecule is Cc1cccc2[nH]c(-c3cccc(-c4ccc(NC(=O)NC5CC5c5ccccc5)cc4)c3)nc12. The first-order valence-electron chi connectivity index (χ1n) is 11.9. The Morgan fingerprint density at radius 1 is 0.857 bits per heavy atom. The summed E-state index contributed by atoms with van der Waals surface area (Å²) in [7, 11) is 0. The van der Waals surface area contributed by atoms with Gasteiger partial charge in [0.2, 0.25) is 0 Å². The fourth-order valence-corrected chi connectivity index (χ4v) is 4.66. The molecule has 2 atom stereocenters. The maximum absolute atomic E-state index is 12.5. The van der Waals surface area contributed by atoms with Gasteiger partial charge in [-0.1, -0.05) is 72.8 Å². The van der Waals surface area contributed by atoms with Gasteiger partial charge >= 0.3 is 6.03 Å². The van der Waals surface area contributed by atoms with E-state index in [1.807, 2.05) is 54.6 Å². The first kappa shape index (κ1) is 21.2. The number of imidazole rings is 1. The van der Waals surface area contributed by atoms with Crippen LogP contribution in [0, 0.1) is 6.92 Å². The second kappa shape index (κ2) is 8.76. The van der Waals surface area contributed by atoms with Gasteiger partial charge in [-0.2, -0.15) is 0 Å². The van der Waals surface area contributed by atoms with Crippen molar-refractivity contribution < 1.29 is 4.79 Å². The van der Waals surface area contributed by atoms with E-state index >= 15 is 0 Å². The van der Waals surface area contributed by atoms with Crippen LogP contribution in [0.1, 0.15) is 23.5 Å². The third kappa shape index (κ3) is 4.41. The number of para-hydroxylation sites is 1. The highest BCUT2D eigenvalue weighted by atomic mass is 16.2. The summed E-state index contributed by atoms with van der Waals surface area (Å²) in [6.07, 6.45) is 0.984. The zero-order chi connectivity index (χ0) is 23.8. The maximum atomic E-state index is 12.5. The lowest BCUT2D eigenvalue weighted by atomic mass is 10.0. The lowest BCUT2D eigenvalue weighted by Gasteiger charge is -2.09. The van der Waals surface area contributed by atoms with E-state index < -0.39 is 0 Å². The lowest BCUT2D eigenvalue weighted by molar-refractivity contribution is 0.251. The van der Waals surface area contributed by atoms with Gasteiger partial charge in [0.1, 0.15) is 5.82 Å². The summed E-state index contributed by atoms with van der Waals surface area (Å²) in [6, 6.07) is 32.8. The minimum atomic E-state index is -0.164. The molecule has 0 bridgehead atoms. The number of amides is 2. The molecule has 172 valence electrons. The summed E-state index contributed by atoms with van der Waals surface area (Å²) in [6.45, 7) is 2.07. The average molecular weight is 459 g/mol. The lowest BCUT2D eigenvalue weighted by Crippen LogP contribution is -2.31. The van der Waals surface area contributed by atoms with Gasteiger partial charge in [0, 0.05) is 23.2 Å². The van der Waals surface area contributed by atoms with Gasteiger partial charge in [-0.15, -0.1) is 0 Å². The number of aromatic nitrogens is 2. The number of aryl methyl sites for hydroxylation is 1. The highest BCUT2D eigenvalue weighted by molar-refractivity contribution is 5.90. The van der Waals surface area contributed by atoms with Gasteiger partial charge in [-0.3, -0.25) is 0 Å². The van der Waals surface area contributed by atoms with E-state index in [0.29, 0.717) is 5.92 Å². The number of carbonyl (C=O) groups is 1. The summed E-state index contributed by atoms with van der Waals surface area (Å²) in [5.74, 6) is 1.27. The number of fused-ring (bicyclic) bond motifs is 1. The third-order valence-corrected chi connectivity index (χ3v) is 6.66. The Morgan fingerprint density at radius 3 is 2.43 bits per heavy atom. The second-order valence-electron chi connectivity index (χ2n) is 9.17. The minimum absolute atomic E-state index is 0.164. The van der Waals surface area contributed by atoms with Crippen molar-refractivity contribution in [3.63, 3.8) is 0 Å². The highest BCUT2D eigenvalue weighted by Gasteiger charge is 2.39. The monoisotopic (exact) mass is 458 g/mol. The van der Waals surface area contributed by atoms with Crippen LogP contribution in [0.5, 0.6) is 0 Å². The van der Waals surface area contributed by atoms with Crippen molar-refractivity contribution in [1.82, 2.24) is 15.3 Å². The van der Waals surface area contributed by atoms with Crippen LogP contribution in [0.4, 0.5) is 10.5 Å². The molecule has 1 fully saturated rings. The third-order valence-electron chi connectivity index (χ3n) is 6.66. The summed E-state index contributed by atoms with van der Waals surface area (Å²) in [5, 5.41) is 6.03. The number of urea groups is 1. The number of nitrogens with zero attached hydrogens (tertiary/aromatic N) is 1. The molecule has 0 spiro atoms. The molecule has 5 aromatic rings. The number of anilines is 1. The van der Waals surface area contributed by atoms with Gasteiger partial charge in [0.25, 0.3) is 0 Å².